The minimum atomic E-state index is -4.21. The Hall–Kier alpha value is -2.89. The topological polar surface area (TPSA) is 128 Å². The molecule has 1 aliphatic heterocycles. The highest BCUT2D eigenvalue weighted by Crippen LogP contribution is 2.39. The summed E-state index contributed by atoms with van der Waals surface area (Å²) in [5.74, 6) is -1.80. The number of barbiturate groups is 1. The van der Waals surface area contributed by atoms with Crippen molar-refractivity contribution in [1.29, 1.82) is 0 Å². The van der Waals surface area contributed by atoms with Gasteiger partial charge in [0.1, 0.15) is 10.5 Å². The Morgan fingerprint density at radius 1 is 1.06 bits per heavy atom. The van der Waals surface area contributed by atoms with E-state index in [0.29, 0.717) is 10.6 Å². The molecule has 0 aromatic heterocycles. The monoisotopic (exact) mass is 528 g/mol. The van der Waals surface area contributed by atoms with Crippen LogP contribution in [0.3, 0.4) is 0 Å². The standard InChI is InChI=1S/C19H14BrClN2O7S/c1-2-29-15-9-10(7-13-17(24)22-19(26)23-18(13)25)8-14(20)16(15)30-31(27,28)12-5-3-11(21)4-6-12/h3-9H,2H2,1H3,(H2,22,23,24,25,26). The average Bonchev–Trinajstić information content (AvgIpc) is 2.68. The SMILES string of the molecule is CCOc1cc(C=C2C(=O)NC(=O)NC2=O)cc(Br)c1OS(=O)(=O)c1ccc(Cl)cc1. The van der Waals surface area contributed by atoms with Gasteiger partial charge in [0.05, 0.1) is 11.1 Å². The molecule has 9 nitrogen and oxygen atoms in total. The highest BCUT2D eigenvalue weighted by Gasteiger charge is 2.28. The highest BCUT2D eigenvalue weighted by atomic mass is 79.9. The van der Waals surface area contributed by atoms with Crippen LogP contribution in [-0.4, -0.2) is 32.9 Å². The molecule has 2 N–H and O–H groups in total. The summed E-state index contributed by atoms with van der Waals surface area (Å²) in [6, 6.07) is 7.33. The van der Waals surface area contributed by atoms with Crippen LogP contribution in [0.4, 0.5) is 4.79 Å². The number of hydrogen-bond donors (Lipinski definition) is 2. The molecular weight excluding hydrogens is 516 g/mol. The van der Waals surface area contributed by atoms with E-state index in [2.05, 4.69) is 15.9 Å². The third-order valence-electron chi connectivity index (χ3n) is 3.88. The number of nitrogens with one attached hydrogen (secondary N) is 2. The van der Waals surface area contributed by atoms with Crippen LogP contribution >= 0.6 is 27.5 Å². The normalized spacial score (nSPS) is 14.0. The van der Waals surface area contributed by atoms with Gasteiger partial charge in [-0.25, -0.2) is 4.79 Å². The van der Waals surface area contributed by atoms with E-state index in [1.165, 1.54) is 42.5 Å². The third kappa shape index (κ3) is 5.24. The Morgan fingerprint density at radius 2 is 1.68 bits per heavy atom. The first-order valence-corrected chi connectivity index (χ1v) is 11.2. The Morgan fingerprint density at radius 3 is 2.26 bits per heavy atom. The zero-order chi connectivity index (χ0) is 22.8. The number of rotatable bonds is 6. The lowest BCUT2D eigenvalue weighted by molar-refractivity contribution is -0.123. The molecule has 4 amide bonds. The second-order valence-electron chi connectivity index (χ2n) is 6.05. The van der Waals surface area contributed by atoms with Crippen molar-refractivity contribution in [3.05, 3.63) is 57.0 Å². The molecule has 2 aromatic rings. The second kappa shape index (κ2) is 9.08. The quantitative estimate of drug-likeness (QED) is 0.334. The first-order valence-electron chi connectivity index (χ1n) is 8.65. The molecule has 1 heterocycles. The van der Waals surface area contributed by atoms with Gasteiger partial charge in [-0.1, -0.05) is 11.6 Å². The Bertz CT molecular complexity index is 1190. The Kier molecular flexibility index (Phi) is 6.68. The average molecular weight is 530 g/mol. The molecule has 1 fully saturated rings. The lowest BCUT2D eigenvalue weighted by atomic mass is 10.1. The molecule has 0 spiro atoms. The Balaban J connectivity index is 2.00. The van der Waals surface area contributed by atoms with Gasteiger partial charge in [0.2, 0.25) is 0 Å². The fourth-order valence-corrected chi connectivity index (χ4v) is 4.28. The van der Waals surface area contributed by atoms with Crippen LogP contribution in [-0.2, 0) is 19.7 Å². The van der Waals surface area contributed by atoms with E-state index >= 15 is 0 Å². The highest BCUT2D eigenvalue weighted by molar-refractivity contribution is 9.10. The molecule has 0 saturated carbocycles. The van der Waals surface area contributed by atoms with Crippen molar-refractivity contribution in [2.24, 2.45) is 0 Å². The van der Waals surface area contributed by atoms with Gasteiger partial charge < -0.3 is 8.92 Å². The number of benzene rings is 2. The number of carbonyl (C=O) groups excluding carboxylic acids is 3. The van der Waals surface area contributed by atoms with Crippen LogP contribution in [0.15, 0.2) is 51.3 Å². The molecule has 0 unspecified atom stereocenters. The van der Waals surface area contributed by atoms with Crippen molar-refractivity contribution in [2.45, 2.75) is 11.8 Å². The van der Waals surface area contributed by atoms with Crippen molar-refractivity contribution in [2.75, 3.05) is 6.61 Å². The molecule has 0 bridgehead atoms. The number of imide groups is 2. The number of ether oxygens (including phenoxy) is 1. The van der Waals surface area contributed by atoms with Gasteiger partial charge >= 0.3 is 16.1 Å². The number of carbonyl (C=O) groups is 3. The lowest BCUT2D eigenvalue weighted by Crippen LogP contribution is -2.51. The maximum Gasteiger partial charge on any atom is 0.339 e. The number of urea groups is 1. The van der Waals surface area contributed by atoms with Gasteiger partial charge in [0.25, 0.3) is 11.8 Å². The zero-order valence-corrected chi connectivity index (χ0v) is 18.9. The molecule has 0 atom stereocenters. The van der Waals surface area contributed by atoms with Crippen molar-refractivity contribution in [3.8, 4) is 11.5 Å². The van der Waals surface area contributed by atoms with Crippen LogP contribution in [0.2, 0.25) is 5.02 Å². The van der Waals surface area contributed by atoms with Gasteiger partial charge in [0.15, 0.2) is 11.5 Å². The van der Waals surface area contributed by atoms with Crippen LogP contribution in [0, 0.1) is 0 Å². The first kappa shape index (κ1) is 22.8. The van der Waals surface area contributed by atoms with E-state index in [9.17, 15) is 22.8 Å². The van der Waals surface area contributed by atoms with Gasteiger partial charge in [-0.15, -0.1) is 0 Å². The minimum Gasteiger partial charge on any atom is -0.490 e. The maximum absolute atomic E-state index is 12.6. The van der Waals surface area contributed by atoms with Gasteiger partial charge in [-0.3, -0.25) is 20.2 Å². The molecule has 31 heavy (non-hydrogen) atoms. The summed E-state index contributed by atoms with van der Waals surface area (Å²) in [4.78, 5) is 34.9. The molecule has 1 saturated heterocycles. The van der Waals surface area contributed by atoms with E-state index in [0.717, 1.165) is 0 Å². The smallest absolute Gasteiger partial charge is 0.339 e. The molecule has 0 radical (unpaired) electrons. The maximum atomic E-state index is 12.6. The van der Waals surface area contributed by atoms with E-state index in [-0.39, 0.29) is 33.0 Å². The fourth-order valence-electron chi connectivity index (χ4n) is 2.55. The van der Waals surface area contributed by atoms with Crippen molar-refractivity contribution in [3.63, 3.8) is 0 Å². The molecule has 162 valence electrons. The summed E-state index contributed by atoms with van der Waals surface area (Å²) in [5.41, 5.74) is 0.0117. The number of hydrogen-bond acceptors (Lipinski definition) is 7. The third-order valence-corrected chi connectivity index (χ3v) is 5.96. The number of amides is 4. The Labute approximate surface area is 190 Å². The molecular formula is C19H14BrClN2O7S. The molecule has 0 aliphatic carbocycles. The molecule has 12 heteroatoms. The van der Waals surface area contributed by atoms with Crippen LogP contribution in [0.1, 0.15) is 12.5 Å². The van der Waals surface area contributed by atoms with Crippen molar-refractivity contribution >= 4 is 61.6 Å². The largest absolute Gasteiger partial charge is 0.490 e. The van der Waals surface area contributed by atoms with Crippen LogP contribution in [0.5, 0.6) is 11.5 Å². The molecule has 1 aliphatic rings. The molecule has 2 aromatic carbocycles. The van der Waals surface area contributed by atoms with E-state index in [4.69, 9.17) is 20.5 Å². The van der Waals surface area contributed by atoms with Crippen LogP contribution in [0.25, 0.3) is 6.08 Å². The summed E-state index contributed by atoms with van der Waals surface area (Å²) in [7, 11) is -4.21. The summed E-state index contributed by atoms with van der Waals surface area (Å²) in [6.07, 6.45) is 1.22. The van der Waals surface area contributed by atoms with E-state index < -0.39 is 28.0 Å². The lowest BCUT2D eigenvalue weighted by Gasteiger charge is -2.16. The first-order chi connectivity index (χ1) is 14.6. The zero-order valence-electron chi connectivity index (χ0n) is 15.8. The summed E-state index contributed by atoms with van der Waals surface area (Å²) in [6.45, 7) is 1.86. The summed E-state index contributed by atoms with van der Waals surface area (Å²) in [5, 5.41) is 4.29. The van der Waals surface area contributed by atoms with E-state index in [1.807, 2.05) is 10.6 Å². The van der Waals surface area contributed by atoms with Crippen molar-refractivity contribution < 1.29 is 31.7 Å². The van der Waals surface area contributed by atoms with E-state index in [1.54, 1.807) is 6.92 Å². The van der Waals surface area contributed by atoms with Gasteiger partial charge in [-0.05, 0) is 70.9 Å². The molecule has 3 rings (SSSR count). The predicted octanol–water partition coefficient (Wildman–Crippen LogP) is 3.02. The summed E-state index contributed by atoms with van der Waals surface area (Å²) < 4.78 is 36.3. The van der Waals surface area contributed by atoms with Gasteiger partial charge in [0, 0.05) is 5.02 Å². The second-order valence-corrected chi connectivity index (χ2v) is 8.89. The van der Waals surface area contributed by atoms with Crippen molar-refractivity contribution in [1.82, 2.24) is 10.6 Å². The summed E-state index contributed by atoms with van der Waals surface area (Å²) >= 11 is 9.03. The fraction of sp³-hybridized carbons (Fsp3) is 0.105. The minimum absolute atomic E-state index is 0.0500. The van der Waals surface area contributed by atoms with Crippen LogP contribution < -0.4 is 19.6 Å². The number of halogens is 2. The van der Waals surface area contributed by atoms with Gasteiger partial charge in [-0.2, -0.15) is 8.42 Å². The predicted molar refractivity (Wildman–Crippen MR) is 114 cm³/mol.